The van der Waals surface area contributed by atoms with Gasteiger partial charge in [0, 0.05) is 38.3 Å². The van der Waals surface area contributed by atoms with Crippen molar-refractivity contribution in [3.63, 3.8) is 0 Å². The van der Waals surface area contributed by atoms with Crippen LogP contribution in [0.25, 0.3) is 0 Å². The quantitative estimate of drug-likeness (QED) is 0.467. The van der Waals surface area contributed by atoms with E-state index < -0.39 is 12.1 Å². The lowest BCUT2D eigenvalue weighted by atomic mass is 10.1. The van der Waals surface area contributed by atoms with Crippen molar-refractivity contribution in [3.05, 3.63) is 47.5 Å². The van der Waals surface area contributed by atoms with Crippen LogP contribution in [0, 0.1) is 0 Å². The number of ether oxygens (including phenoxy) is 4. The average molecular weight is 572 g/mol. The second-order valence-electron chi connectivity index (χ2n) is 8.36. The summed E-state index contributed by atoms with van der Waals surface area (Å²) >= 11 is 0. The molecule has 2 amide bonds. The SMILES string of the molecule is COc1cccc(CN(CC(=O)N2CCNCC2)C(=O)c2cc(OC)c(OC)c(OC)c2)c1.O=C(O)C(F)(F)F. The number of methoxy groups -OCH3 is 4. The molecule has 1 saturated heterocycles. The van der Waals surface area contributed by atoms with Gasteiger partial charge in [0.2, 0.25) is 11.7 Å². The average Bonchev–Trinajstić information content (AvgIpc) is 2.95. The predicted molar refractivity (Wildman–Crippen MR) is 137 cm³/mol. The fraction of sp³-hybridized carbons (Fsp3) is 0.423. The number of halogens is 3. The first-order chi connectivity index (χ1) is 18.9. The van der Waals surface area contributed by atoms with Crippen LogP contribution in [0.4, 0.5) is 13.2 Å². The van der Waals surface area contributed by atoms with Gasteiger partial charge < -0.3 is 39.2 Å². The lowest BCUT2D eigenvalue weighted by molar-refractivity contribution is -0.192. The summed E-state index contributed by atoms with van der Waals surface area (Å²) in [4.78, 5) is 38.8. The maximum atomic E-state index is 13.6. The van der Waals surface area contributed by atoms with Crippen molar-refractivity contribution in [2.75, 3.05) is 61.2 Å². The molecule has 0 aromatic heterocycles. The van der Waals surface area contributed by atoms with Gasteiger partial charge in [-0.2, -0.15) is 13.2 Å². The molecule has 2 aromatic carbocycles. The van der Waals surface area contributed by atoms with E-state index in [-0.39, 0.29) is 24.9 Å². The lowest BCUT2D eigenvalue weighted by Gasteiger charge is -2.30. The van der Waals surface area contributed by atoms with Crippen LogP contribution in [-0.2, 0) is 16.1 Å². The Hall–Kier alpha value is -4.20. The van der Waals surface area contributed by atoms with Crippen molar-refractivity contribution < 1.29 is 51.6 Å². The van der Waals surface area contributed by atoms with Gasteiger partial charge in [-0.3, -0.25) is 9.59 Å². The highest BCUT2D eigenvalue weighted by Gasteiger charge is 2.38. The molecule has 11 nitrogen and oxygen atoms in total. The van der Waals surface area contributed by atoms with Crippen LogP contribution in [0.1, 0.15) is 15.9 Å². The molecule has 0 bridgehead atoms. The molecule has 1 heterocycles. The molecule has 3 rings (SSSR count). The van der Waals surface area contributed by atoms with Gasteiger partial charge in [0.15, 0.2) is 11.5 Å². The molecular formula is C26H32F3N3O8. The Labute approximate surface area is 229 Å². The minimum absolute atomic E-state index is 0.0489. The fourth-order valence-electron chi connectivity index (χ4n) is 3.76. The van der Waals surface area contributed by atoms with Crippen molar-refractivity contribution in [1.82, 2.24) is 15.1 Å². The molecule has 0 unspecified atom stereocenters. The number of hydrogen-bond acceptors (Lipinski definition) is 8. The number of alkyl halides is 3. The minimum Gasteiger partial charge on any atom is -0.497 e. The zero-order chi connectivity index (χ0) is 29.9. The van der Waals surface area contributed by atoms with Crippen LogP contribution < -0.4 is 24.3 Å². The first kappa shape index (κ1) is 32.0. The predicted octanol–water partition coefficient (Wildman–Crippen LogP) is 2.43. The van der Waals surface area contributed by atoms with Crippen molar-refractivity contribution in [2.24, 2.45) is 0 Å². The molecule has 2 N–H and O–H groups in total. The number of nitrogens with one attached hydrogen (secondary N) is 1. The zero-order valence-corrected chi connectivity index (χ0v) is 22.5. The number of rotatable bonds is 9. The number of nitrogens with zero attached hydrogens (tertiary/aromatic N) is 2. The van der Waals surface area contributed by atoms with E-state index in [2.05, 4.69) is 5.32 Å². The first-order valence-electron chi connectivity index (χ1n) is 12.0. The van der Waals surface area contributed by atoms with Gasteiger partial charge in [-0.15, -0.1) is 0 Å². The highest BCUT2D eigenvalue weighted by atomic mass is 19.4. The molecule has 0 saturated carbocycles. The summed E-state index contributed by atoms with van der Waals surface area (Å²) in [6.45, 7) is 2.90. The molecule has 0 atom stereocenters. The first-order valence-corrected chi connectivity index (χ1v) is 12.0. The van der Waals surface area contributed by atoms with Crippen LogP contribution in [-0.4, -0.2) is 100 Å². The van der Waals surface area contributed by atoms with E-state index in [1.54, 1.807) is 24.1 Å². The van der Waals surface area contributed by atoms with Crippen molar-refractivity contribution >= 4 is 17.8 Å². The third kappa shape index (κ3) is 8.93. The summed E-state index contributed by atoms with van der Waals surface area (Å²) < 4.78 is 53.2. The van der Waals surface area contributed by atoms with E-state index in [0.29, 0.717) is 41.7 Å². The van der Waals surface area contributed by atoms with Gasteiger partial charge in [0.25, 0.3) is 5.91 Å². The number of carboxylic acids is 1. The molecule has 14 heteroatoms. The topological polar surface area (TPSA) is 127 Å². The minimum atomic E-state index is -5.08. The van der Waals surface area contributed by atoms with E-state index in [1.807, 2.05) is 24.3 Å². The van der Waals surface area contributed by atoms with Crippen molar-refractivity contribution in [2.45, 2.75) is 12.7 Å². The maximum absolute atomic E-state index is 13.6. The molecule has 0 aliphatic carbocycles. The highest BCUT2D eigenvalue weighted by Crippen LogP contribution is 2.38. The summed E-state index contributed by atoms with van der Waals surface area (Å²) in [5, 5.41) is 10.4. The monoisotopic (exact) mass is 571 g/mol. The summed E-state index contributed by atoms with van der Waals surface area (Å²) in [6.07, 6.45) is -5.08. The number of carbonyl (C=O) groups is 3. The van der Waals surface area contributed by atoms with Crippen LogP contribution in [0.3, 0.4) is 0 Å². The molecule has 40 heavy (non-hydrogen) atoms. The van der Waals surface area contributed by atoms with Gasteiger partial charge in [0.1, 0.15) is 12.3 Å². The lowest BCUT2D eigenvalue weighted by Crippen LogP contribution is -2.50. The molecule has 0 radical (unpaired) electrons. The Bertz CT molecular complexity index is 1150. The van der Waals surface area contributed by atoms with Crippen LogP contribution in [0.5, 0.6) is 23.0 Å². The van der Waals surface area contributed by atoms with E-state index >= 15 is 0 Å². The Morgan fingerprint density at radius 2 is 1.52 bits per heavy atom. The van der Waals surface area contributed by atoms with Crippen LogP contribution >= 0.6 is 0 Å². The maximum Gasteiger partial charge on any atom is 0.490 e. The fourth-order valence-corrected chi connectivity index (χ4v) is 3.76. The molecule has 1 aliphatic rings. The Balaban J connectivity index is 0.000000708. The smallest absolute Gasteiger partial charge is 0.490 e. The van der Waals surface area contributed by atoms with Crippen molar-refractivity contribution in [1.29, 1.82) is 0 Å². The van der Waals surface area contributed by atoms with Gasteiger partial charge >= 0.3 is 12.1 Å². The highest BCUT2D eigenvalue weighted by molar-refractivity contribution is 5.97. The summed E-state index contributed by atoms with van der Waals surface area (Å²) in [7, 11) is 6.08. The largest absolute Gasteiger partial charge is 0.497 e. The summed E-state index contributed by atoms with van der Waals surface area (Å²) in [5.41, 5.74) is 1.18. The number of amides is 2. The number of hydrogen-bond donors (Lipinski definition) is 2. The summed E-state index contributed by atoms with van der Waals surface area (Å²) in [5.74, 6) is -1.35. The van der Waals surface area contributed by atoms with E-state index in [9.17, 15) is 22.8 Å². The third-order valence-electron chi connectivity index (χ3n) is 5.74. The molecular weight excluding hydrogens is 539 g/mol. The molecule has 220 valence electrons. The number of aliphatic carboxylic acids is 1. The molecule has 0 spiro atoms. The van der Waals surface area contributed by atoms with E-state index in [0.717, 1.165) is 18.7 Å². The Kier molecular flexibility index (Phi) is 11.9. The number of carbonyl (C=O) groups excluding carboxylic acids is 2. The number of piperazine rings is 1. The third-order valence-corrected chi connectivity index (χ3v) is 5.74. The van der Waals surface area contributed by atoms with Crippen molar-refractivity contribution in [3.8, 4) is 23.0 Å². The molecule has 2 aromatic rings. The molecule has 1 aliphatic heterocycles. The zero-order valence-electron chi connectivity index (χ0n) is 22.5. The number of carboxylic acid groups (broad SMARTS) is 1. The van der Waals surface area contributed by atoms with Gasteiger partial charge in [-0.05, 0) is 29.8 Å². The van der Waals surface area contributed by atoms with Gasteiger partial charge in [-0.1, -0.05) is 12.1 Å². The van der Waals surface area contributed by atoms with E-state index in [1.165, 1.54) is 26.2 Å². The number of benzene rings is 2. The van der Waals surface area contributed by atoms with Crippen LogP contribution in [0.15, 0.2) is 36.4 Å². The Morgan fingerprint density at radius 3 is 2.00 bits per heavy atom. The normalized spacial score (nSPS) is 12.9. The van der Waals surface area contributed by atoms with Gasteiger partial charge in [0.05, 0.1) is 28.4 Å². The summed E-state index contributed by atoms with van der Waals surface area (Å²) in [6, 6.07) is 10.6. The standard InChI is InChI=1S/C24H31N3O6.C2HF3O2/c1-30-19-7-5-6-17(12-19)15-27(16-22(28)26-10-8-25-9-11-26)24(29)18-13-20(31-2)23(33-4)21(14-18)32-3;3-2(4,5)1(6)7/h5-7,12-14,25H,8-11,15-16H2,1-4H3;(H,6,7). The van der Waals surface area contributed by atoms with Crippen LogP contribution in [0.2, 0.25) is 0 Å². The van der Waals surface area contributed by atoms with Gasteiger partial charge in [-0.25, -0.2) is 4.79 Å². The Morgan fingerprint density at radius 1 is 0.950 bits per heavy atom. The van der Waals surface area contributed by atoms with E-state index in [4.69, 9.17) is 28.8 Å². The second kappa shape index (κ2) is 14.8. The second-order valence-corrected chi connectivity index (χ2v) is 8.36. The molecule has 1 fully saturated rings.